The molecule has 0 saturated heterocycles. The Hall–Kier alpha value is -0.660. The first-order valence-corrected chi connectivity index (χ1v) is 17.0. The fraction of sp³-hybridized carbons (Fsp3) is 0.941. The van der Waals surface area contributed by atoms with Crippen LogP contribution in [0.4, 0.5) is 0 Å². The van der Waals surface area contributed by atoms with Gasteiger partial charge in [0.2, 0.25) is 0 Å². The fourth-order valence-electron chi connectivity index (χ4n) is 5.87. The molecule has 0 aromatic heterocycles. The molecule has 1 aliphatic rings. The minimum atomic E-state index is 0.621. The van der Waals surface area contributed by atoms with E-state index in [0.29, 0.717) is 6.17 Å². The molecule has 0 amide bonds. The zero-order valence-electron chi connectivity index (χ0n) is 25.4. The number of unbranched alkanes of at least 4 members (excludes halogenated alkanes) is 24. The van der Waals surface area contributed by atoms with Gasteiger partial charge < -0.3 is 9.80 Å². The summed E-state index contributed by atoms with van der Waals surface area (Å²) in [5.41, 5.74) is 0. The van der Waals surface area contributed by atoms with Crippen molar-refractivity contribution >= 4 is 0 Å². The van der Waals surface area contributed by atoms with Crippen LogP contribution in [0.15, 0.2) is 12.4 Å². The van der Waals surface area contributed by atoms with Crippen molar-refractivity contribution in [3.05, 3.63) is 12.4 Å². The predicted octanol–water partition coefficient (Wildman–Crippen LogP) is 11.6. The third kappa shape index (κ3) is 19.5. The van der Waals surface area contributed by atoms with Gasteiger partial charge in [-0.3, -0.25) is 0 Å². The second-order valence-electron chi connectivity index (χ2n) is 12.0. The maximum Gasteiger partial charge on any atom is 0.100 e. The van der Waals surface area contributed by atoms with Crippen LogP contribution in [0, 0.1) is 0 Å². The second kappa shape index (κ2) is 26.0. The van der Waals surface area contributed by atoms with E-state index in [1.807, 2.05) is 0 Å². The summed E-state index contributed by atoms with van der Waals surface area (Å²) in [6.07, 6.45) is 44.1. The van der Waals surface area contributed by atoms with Crippen LogP contribution in [0.1, 0.15) is 187 Å². The average molecular weight is 505 g/mol. The molecule has 1 aliphatic heterocycles. The Morgan fingerprint density at radius 2 is 0.750 bits per heavy atom. The Bertz CT molecular complexity index is 460. The van der Waals surface area contributed by atoms with Crippen molar-refractivity contribution in [2.75, 3.05) is 13.6 Å². The molecule has 36 heavy (non-hydrogen) atoms. The van der Waals surface area contributed by atoms with Gasteiger partial charge in [0.15, 0.2) is 0 Å². The number of hydrogen-bond acceptors (Lipinski definition) is 2. The first-order valence-electron chi connectivity index (χ1n) is 17.0. The van der Waals surface area contributed by atoms with Crippen LogP contribution in [-0.2, 0) is 0 Å². The highest BCUT2D eigenvalue weighted by atomic mass is 15.4. The standard InChI is InChI=1S/C34H68N2/c1-4-6-8-10-12-14-16-17-18-19-20-21-22-24-26-28-30-34-35(3)32-33-36(34)31-29-27-25-23-15-13-11-9-7-5-2/h32-34H,4-31H2,1-3H3. The number of hydrogen-bond donors (Lipinski definition) is 0. The fourth-order valence-corrected chi connectivity index (χ4v) is 5.87. The Morgan fingerprint density at radius 1 is 0.417 bits per heavy atom. The van der Waals surface area contributed by atoms with Crippen molar-refractivity contribution in [2.45, 2.75) is 193 Å². The van der Waals surface area contributed by atoms with Crippen molar-refractivity contribution in [1.82, 2.24) is 9.80 Å². The van der Waals surface area contributed by atoms with Gasteiger partial charge in [-0.1, -0.05) is 168 Å². The van der Waals surface area contributed by atoms with Gasteiger partial charge in [-0.15, -0.1) is 0 Å². The lowest BCUT2D eigenvalue weighted by Gasteiger charge is -2.30. The Kier molecular flexibility index (Phi) is 24.1. The average Bonchev–Trinajstić information content (AvgIpc) is 3.23. The van der Waals surface area contributed by atoms with E-state index in [1.54, 1.807) is 0 Å². The van der Waals surface area contributed by atoms with Crippen molar-refractivity contribution in [3.63, 3.8) is 0 Å². The topological polar surface area (TPSA) is 6.48 Å². The maximum absolute atomic E-state index is 2.62. The van der Waals surface area contributed by atoms with E-state index < -0.39 is 0 Å². The molecule has 1 unspecified atom stereocenters. The molecule has 1 atom stereocenters. The van der Waals surface area contributed by atoms with Gasteiger partial charge in [0.1, 0.15) is 6.17 Å². The van der Waals surface area contributed by atoms with Gasteiger partial charge in [-0.05, 0) is 19.3 Å². The Labute approximate surface area is 229 Å². The highest BCUT2D eigenvalue weighted by molar-refractivity contribution is 4.95. The van der Waals surface area contributed by atoms with E-state index in [4.69, 9.17) is 0 Å². The molecule has 0 bridgehead atoms. The third-order valence-electron chi connectivity index (χ3n) is 8.43. The van der Waals surface area contributed by atoms with Gasteiger partial charge in [0, 0.05) is 26.0 Å². The van der Waals surface area contributed by atoms with Gasteiger partial charge in [0.05, 0.1) is 0 Å². The zero-order chi connectivity index (χ0) is 25.9. The summed E-state index contributed by atoms with van der Waals surface area (Å²) in [7, 11) is 2.27. The predicted molar refractivity (Wildman–Crippen MR) is 163 cm³/mol. The summed E-state index contributed by atoms with van der Waals surface area (Å²) in [4.78, 5) is 5.07. The molecule has 1 heterocycles. The van der Waals surface area contributed by atoms with E-state index in [2.05, 4.69) is 43.1 Å². The maximum atomic E-state index is 2.62. The van der Waals surface area contributed by atoms with Crippen LogP contribution in [0.3, 0.4) is 0 Å². The molecule has 0 aromatic rings. The SMILES string of the molecule is CCCCCCCCCCCCCCCCCCC1N(C)C=CN1CCCCCCCCCCCC. The lowest BCUT2D eigenvalue weighted by atomic mass is 10.0. The molecule has 1 rings (SSSR count). The van der Waals surface area contributed by atoms with E-state index in [1.165, 1.54) is 180 Å². The molecule has 0 aliphatic carbocycles. The second-order valence-corrected chi connectivity index (χ2v) is 12.0. The molecule has 0 saturated carbocycles. The molecule has 0 N–H and O–H groups in total. The molecule has 214 valence electrons. The van der Waals surface area contributed by atoms with Crippen molar-refractivity contribution in [1.29, 1.82) is 0 Å². The first-order chi connectivity index (χ1) is 17.8. The first kappa shape index (κ1) is 33.4. The largest absolute Gasteiger partial charge is 0.359 e. The Balaban J connectivity index is 1.88. The summed E-state index contributed by atoms with van der Waals surface area (Å²) in [5.74, 6) is 0. The van der Waals surface area contributed by atoms with Crippen molar-refractivity contribution in [3.8, 4) is 0 Å². The zero-order valence-corrected chi connectivity index (χ0v) is 25.4. The van der Waals surface area contributed by atoms with Gasteiger partial charge >= 0.3 is 0 Å². The normalized spacial score (nSPS) is 15.5. The van der Waals surface area contributed by atoms with Crippen LogP contribution in [-0.4, -0.2) is 29.6 Å². The minimum Gasteiger partial charge on any atom is -0.359 e. The summed E-state index contributed by atoms with van der Waals surface area (Å²) in [6, 6.07) is 0. The number of rotatable bonds is 28. The molecule has 0 aromatic carbocycles. The molecular formula is C34H68N2. The number of nitrogens with zero attached hydrogens (tertiary/aromatic N) is 2. The smallest absolute Gasteiger partial charge is 0.100 e. The van der Waals surface area contributed by atoms with Crippen molar-refractivity contribution < 1.29 is 0 Å². The van der Waals surface area contributed by atoms with Gasteiger partial charge in [0.25, 0.3) is 0 Å². The van der Waals surface area contributed by atoms with Crippen molar-refractivity contribution in [2.24, 2.45) is 0 Å². The lowest BCUT2D eigenvalue weighted by Crippen LogP contribution is -2.37. The van der Waals surface area contributed by atoms with Crippen LogP contribution in [0.2, 0.25) is 0 Å². The van der Waals surface area contributed by atoms with Crippen LogP contribution < -0.4 is 0 Å². The van der Waals surface area contributed by atoms with Gasteiger partial charge in [-0.25, -0.2) is 0 Å². The summed E-state index contributed by atoms with van der Waals surface area (Å²) in [6.45, 7) is 5.86. The lowest BCUT2D eigenvalue weighted by molar-refractivity contribution is 0.159. The Morgan fingerprint density at radius 3 is 1.14 bits per heavy atom. The summed E-state index contributed by atoms with van der Waals surface area (Å²) < 4.78 is 0. The minimum absolute atomic E-state index is 0.621. The molecule has 0 fully saturated rings. The van der Waals surface area contributed by atoms with E-state index in [9.17, 15) is 0 Å². The van der Waals surface area contributed by atoms with E-state index in [0.717, 1.165) is 0 Å². The molecule has 2 nitrogen and oxygen atoms in total. The quantitative estimate of drug-likeness (QED) is 0.0977. The molecular weight excluding hydrogens is 436 g/mol. The summed E-state index contributed by atoms with van der Waals surface area (Å²) in [5, 5.41) is 0. The third-order valence-corrected chi connectivity index (χ3v) is 8.43. The van der Waals surface area contributed by atoms with Crippen LogP contribution in [0.25, 0.3) is 0 Å². The molecule has 0 spiro atoms. The molecule has 2 heteroatoms. The monoisotopic (exact) mass is 505 g/mol. The summed E-state index contributed by atoms with van der Waals surface area (Å²) >= 11 is 0. The molecule has 0 radical (unpaired) electrons. The van der Waals surface area contributed by atoms with Crippen LogP contribution in [0.5, 0.6) is 0 Å². The van der Waals surface area contributed by atoms with Gasteiger partial charge in [-0.2, -0.15) is 0 Å². The van der Waals surface area contributed by atoms with Crippen LogP contribution >= 0.6 is 0 Å². The van der Waals surface area contributed by atoms with E-state index in [-0.39, 0.29) is 0 Å². The highest BCUT2D eigenvalue weighted by Crippen LogP contribution is 2.22. The highest BCUT2D eigenvalue weighted by Gasteiger charge is 2.22. The van der Waals surface area contributed by atoms with E-state index >= 15 is 0 Å².